The van der Waals surface area contributed by atoms with E-state index in [1.54, 1.807) is 5.38 Å². The number of nitrogens with one attached hydrogen (secondary N) is 1. The molecule has 2 aliphatic rings. The minimum absolute atomic E-state index is 0. The Morgan fingerprint density at radius 3 is 2.76 bits per heavy atom. The van der Waals surface area contributed by atoms with Crippen molar-refractivity contribution < 1.29 is 29.1 Å². The van der Waals surface area contributed by atoms with Gasteiger partial charge in [0.25, 0.3) is 11.8 Å². The van der Waals surface area contributed by atoms with Gasteiger partial charge in [-0.15, -0.1) is 23.1 Å². The number of thioether (sulfide) groups is 1. The Labute approximate surface area is 196 Å². The molecule has 3 heterocycles. The predicted molar refractivity (Wildman–Crippen MR) is 109 cm³/mol. The Morgan fingerprint density at radius 2 is 2.21 bits per heavy atom. The third kappa shape index (κ3) is 4.59. The van der Waals surface area contributed by atoms with Crippen LogP contribution in [0.15, 0.2) is 21.8 Å². The third-order valence-electron chi connectivity index (χ3n) is 4.02. The number of methoxy groups -OCH3 is 1. The summed E-state index contributed by atoms with van der Waals surface area (Å²) in [6.45, 7) is 0.109. The normalized spacial score (nSPS) is 21.1. The molecule has 1 saturated heterocycles. The number of hydrogen-bond donors (Lipinski definition) is 3. The number of aromatic nitrogens is 1. The van der Waals surface area contributed by atoms with Crippen LogP contribution in [0.25, 0.3) is 0 Å². The summed E-state index contributed by atoms with van der Waals surface area (Å²) in [6.07, 6.45) is 0. The minimum atomic E-state index is -1.21. The quantitative estimate of drug-likeness (QED) is 0.201. The van der Waals surface area contributed by atoms with Gasteiger partial charge < -0.3 is 25.7 Å². The number of carboxylic acids is 1. The zero-order valence-electron chi connectivity index (χ0n) is 14.9. The number of carboxylic acid groups (broad SMARTS) is 1. The summed E-state index contributed by atoms with van der Waals surface area (Å²) in [5.41, 5.74) is 6.09. The molecule has 2 amide bonds. The van der Waals surface area contributed by atoms with E-state index in [0.29, 0.717) is 11.3 Å². The molecule has 0 aliphatic carbocycles. The number of carbonyl (C=O) groups is 3. The van der Waals surface area contributed by atoms with Crippen LogP contribution in [0.1, 0.15) is 5.69 Å². The Kier molecular flexibility index (Phi) is 8.08. The standard InChI is InChI=1S/C15H17N5O6S2.Na.H/c1-25-3-6-4-27-13-9(12(22)20(13)10(6)14(23)24)18-11(21)8(19-26-2)7-5-28-15(16)17-7;;/h5,9,13H,3-4H2,1-2H3,(H2,16,17)(H,18,21)(H,23,24);;/t9-,13-;;/m1../s1. The Hall–Kier alpha value is -1.64. The summed E-state index contributed by atoms with van der Waals surface area (Å²) in [5.74, 6) is -2.03. The van der Waals surface area contributed by atoms with Gasteiger partial charge in [0.05, 0.1) is 6.61 Å². The van der Waals surface area contributed by atoms with Crippen molar-refractivity contribution >= 4 is 81.3 Å². The SMILES string of the molecule is COCC1=C(C(=O)O)N2C(=O)[C@@H](NC(=O)C(=NOC)c3csc(N)n3)[C@H]2SC1.[NaH]. The first-order chi connectivity index (χ1) is 13.4. The predicted octanol–water partition coefficient (Wildman–Crippen LogP) is -1.19. The summed E-state index contributed by atoms with van der Waals surface area (Å²) < 4.78 is 5.02. The molecule has 152 valence electrons. The third-order valence-corrected chi connectivity index (χ3v) is 6.03. The molecule has 1 aromatic rings. The molecule has 2 aliphatic heterocycles. The van der Waals surface area contributed by atoms with E-state index >= 15 is 0 Å². The number of thiazole rings is 1. The molecule has 11 nitrogen and oxygen atoms in total. The molecule has 0 radical (unpaired) electrons. The van der Waals surface area contributed by atoms with Gasteiger partial charge in [0.1, 0.15) is 29.9 Å². The summed E-state index contributed by atoms with van der Waals surface area (Å²) in [5, 5.41) is 17.0. The number of anilines is 1. The Bertz CT molecular complexity index is 888. The summed E-state index contributed by atoms with van der Waals surface area (Å²) >= 11 is 2.47. The van der Waals surface area contributed by atoms with Gasteiger partial charge in [0, 0.05) is 18.2 Å². The van der Waals surface area contributed by atoms with Gasteiger partial charge in [-0.3, -0.25) is 14.5 Å². The van der Waals surface area contributed by atoms with E-state index in [1.165, 1.54) is 30.9 Å². The first-order valence-electron chi connectivity index (χ1n) is 7.91. The van der Waals surface area contributed by atoms with Crippen LogP contribution in [0.4, 0.5) is 5.13 Å². The fraction of sp³-hybridized carbons (Fsp3) is 0.400. The van der Waals surface area contributed by atoms with E-state index in [2.05, 4.69) is 15.5 Å². The molecular formula is C15H18N5NaO6S2. The van der Waals surface area contributed by atoms with E-state index in [4.69, 9.17) is 15.3 Å². The van der Waals surface area contributed by atoms with Crippen molar-refractivity contribution in [3.63, 3.8) is 0 Å². The van der Waals surface area contributed by atoms with Crippen LogP contribution >= 0.6 is 23.1 Å². The van der Waals surface area contributed by atoms with Crippen molar-refractivity contribution in [2.75, 3.05) is 32.3 Å². The number of rotatable bonds is 7. The molecule has 0 unspecified atom stereocenters. The molecule has 0 spiro atoms. The number of ether oxygens (including phenoxy) is 1. The van der Waals surface area contributed by atoms with Gasteiger partial charge in [-0.05, 0) is 5.57 Å². The number of nitrogens with two attached hydrogens (primary N) is 1. The molecule has 4 N–H and O–H groups in total. The van der Waals surface area contributed by atoms with Gasteiger partial charge >= 0.3 is 35.5 Å². The Morgan fingerprint density at radius 1 is 1.48 bits per heavy atom. The van der Waals surface area contributed by atoms with Crippen molar-refractivity contribution in [3.8, 4) is 0 Å². The fourth-order valence-corrected chi connectivity index (χ4v) is 4.75. The maximum absolute atomic E-state index is 12.6. The van der Waals surface area contributed by atoms with Gasteiger partial charge in [-0.1, -0.05) is 5.16 Å². The molecule has 3 rings (SSSR count). The molecular weight excluding hydrogens is 433 g/mol. The number of nitrogen functional groups attached to an aromatic ring is 1. The molecule has 2 atom stereocenters. The first-order valence-corrected chi connectivity index (χ1v) is 9.84. The van der Waals surface area contributed by atoms with E-state index in [9.17, 15) is 19.5 Å². The number of carbonyl (C=O) groups excluding carboxylic acids is 2. The van der Waals surface area contributed by atoms with Crippen molar-refractivity contribution in [3.05, 3.63) is 22.3 Å². The van der Waals surface area contributed by atoms with Gasteiger partial charge in [-0.2, -0.15) is 0 Å². The summed E-state index contributed by atoms with van der Waals surface area (Å²) in [4.78, 5) is 46.7. The van der Waals surface area contributed by atoms with Crippen LogP contribution in [0.2, 0.25) is 0 Å². The Balaban J connectivity index is 0.00000300. The van der Waals surface area contributed by atoms with Crippen LogP contribution in [0.5, 0.6) is 0 Å². The molecule has 29 heavy (non-hydrogen) atoms. The van der Waals surface area contributed by atoms with Crippen molar-refractivity contribution in [1.82, 2.24) is 15.2 Å². The van der Waals surface area contributed by atoms with E-state index in [-0.39, 0.29) is 58.4 Å². The molecule has 14 heteroatoms. The number of amides is 2. The number of nitrogens with zero attached hydrogens (tertiary/aromatic N) is 3. The average Bonchev–Trinajstić information content (AvgIpc) is 3.09. The number of fused-ring (bicyclic) bond motifs is 1. The zero-order valence-corrected chi connectivity index (χ0v) is 16.5. The zero-order chi connectivity index (χ0) is 20.4. The first kappa shape index (κ1) is 23.6. The molecule has 1 fully saturated rings. The average molecular weight is 451 g/mol. The second-order valence-corrected chi connectivity index (χ2v) is 7.74. The summed E-state index contributed by atoms with van der Waals surface area (Å²) in [7, 11) is 2.73. The maximum atomic E-state index is 12.6. The monoisotopic (exact) mass is 451 g/mol. The topological polar surface area (TPSA) is 156 Å². The van der Waals surface area contributed by atoms with Crippen LogP contribution in [-0.2, 0) is 24.0 Å². The van der Waals surface area contributed by atoms with Gasteiger partial charge in [-0.25, -0.2) is 9.78 Å². The number of aliphatic carboxylic acids is 1. The van der Waals surface area contributed by atoms with Crippen LogP contribution in [0, 0.1) is 0 Å². The van der Waals surface area contributed by atoms with E-state index in [0.717, 1.165) is 11.3 Å². The fourth-order valence-electron chi connectivity index (χ4n) is 2.87. The molecule has 0 aromatic carbocycles. The number of oxime groups is 1. The van der Waals surface area contributed by atoms with Crippen molar-refractivity contribution in [2.24, 2.45) is 5.16 Å². The van der Waals surface area contributed by atoms with E-state index in [1.807, 2.05) is 0 Å². The van der Waals surface area contributed by atoms with Crippen LogP contribution in [-0.4, -0.2) is 106 Å². The van der Waals surface area contributed by atoms with Crippen molar-refractivity contribution in [1.29, 1.82) is 0 Å². The van der Waals surface area contributed by atoms with Gasteiger partial charge in [0.2, 0.25) is 0 Å². The number of β-lactam (4-membered cyclic amide) rings is 1. The second-order valence-electron chi connectivity index (χ2n) is 5.74. The molecule has 0 bridgehead atoms. The second kappa shape index (κ2) is 9.91. The number of hydrogen-bond acceptors (Lipinski definition) is 10. The van der Waals surface area contributed by atoms with Crippen LogP contribution < -0.4 is 11.1 Å². The van der Waals surface area contributed by atoms with Crippen LogP contribution in [0.3, 0.4) is 0 Å². The van der Waals surface area contributed by atoms with E-state index < -0.39 is 29.2 Å². The molecule has 1 aromatic heterocycles. The molecule has 0 saturated carbocycles. The summed E-state index contributed by atoms with van der Waals surface area (Å²) in [6, 6.07) is -0.894. The van der Waals surface area contributed by atoms with Crippen molar-refractivity contribution in [2.45, 2.75) is 11.4 Å². The van der Waals surface area contributed by atoms with Gasteiger partial charge in [0.15, 0.2) is 10.8 Å².